The van der Waals surface area contributed by atoms with Crippen molar-refractivity contribution < 1.29 is 0 Å². The number of benzene rings is 3. The summed E-state index contributed by atoms with van der Waals surface area (Å²) in [6, 6.07) is 35.5. The van der Waals surface area contributed by atoms with Gasteiger partial charge in [-0.05, 0) is 59.6 Å². The fourth-order valence-electron chi connectivity index (χ4n) is 6.28. The molecule has 2 aliphatic carbocycles. The summed E-state index contributed by atoms with van der Waals surface area (Å²) in [4.78, 5) is 5.41. The molecule has 2 heteroatoms. The van der Waals surface area contributed by atoms with Crippen LogP contribution in [0.2, 0.25) is 0 Å². The summed E-state index contributed by atoms with van der Waals surface area (Å²) in [6.45, 7) is 7.34. The van der Waals surface area contributed by atoms with E-state index in [-0.39, 0.29) is 10.8 Å². The summed E-state index contributed by atoms with van der Waals surface area (Å²) >= 11 is 0. The van der Waals surface area contributed by atoms with Gasteiger partial charge in [-0.15, -0.1) is 0 Å². The van der Waals surface area contributed by atoms with Crippen molar-refractivity contribution in [3.05, 3.63) is 108 Å². The van der Waals surface area contributed by atoms with E-state index in [0.29, 0.717) is 5.92 Å². The molecule has 1 aromatic heterocycles. The second kappa shape index (κ2) is 7.64. The van der Waals surface area contributed by atoms with E-state index in [2.05, 4.69) is 118 Å². The molecule has 3 aromatic carbocycles. The molecule has 164 valence electrons. The molecule has 0 unspecified atom stereocenters. The maximum atomic E-state index is 5.41. The number of pyridine rings is 1. The van der Waals surface area contributed by atoms with Crippen LogP contribution in [0.1, 0.15) is 50.8 Å². The van der Waals surface area contributed by atoms with E-state index in [0.717, 1.165) is 5.69 Å². The lowest BCUT2D eigenvalue weighted by molar-refractivity contribution is 0.227. The molecule has 2 bridgehead atoms. The highest BCUT2D eigenvalue weighted by atomic mass is 31.1. The molecule has 0 spiro atoms. The van der Waals surface area contributed by atoms with Gasteiger partial charge in [-0.25, -0.2) is 0 Å². The van der Waals surface area contributed by atoms with Gasteiger partial charge in [0.1, 0.15) is 0 Å². The summed E-state index contributed by atoms with van der Waals surface area (Å²) in [6.07, 6.45) is 2.54. The summed E-state index contributed by atoms with van der Waals surface area (Å²) < 4.78 is 0. The maximum absolute atomic E-state index is 5.41. The first-order valence-electron chi connectivity index (χ1n) is 12.0. The number of fused-ring (bicyclic) bond motifs is 5. The van der Waals surface area contributed by atoms with E-state index in [9.17, 15) is 0 Å². The normalized spacial score (nSPS) is 22.5. The van der Waals surface area contributed by atoms with E-state index < -0.39 is 7.92 Å². The first-order chi connectivity index (χ1) is 16.0. The third-order valence-corrected chi connectivity index (χ3v) is 11.0. The molecule has 1 nitrogen and oxygen atoms in total. The highest BCUT2D eigenvalue weighted by Gasteiger charge is 2.60. The molecule has 6 rings (SSSR count). The van der Waals surface area contributed by atoms with E-state index in [1.165, 1.54) is 45.6 Å². The van der Waals surface area contributed by atoms with Crippen LogP contribution in [0.5, 0.6) is 0 Å². The Morgan fingerprint density at radius 3 is 2.00 bits per heavy atom. The minimum atomic E-state index is -0.674. The zero-order valence-electron chi connectivity index (χ0n) is 19.6. The first kappa shape index (κ1) is 20.8. The fourth-order valence-corrected chi connectivity index (χ4v) is 8.74. The van der Waals surface area contributed by atoms with Crippen molar-refractivity contribution in [1.82, 2.24) is 4.98 Å². The van der Waals surface area contributed by atoms with Crippen molar-refractivity contribution in [3.63, 3.8) is 0 Å². The molecule has 0 saturated heterocycles. The third-order valence-electron chi connectivity index (χ3n) is 8.50. The number of nitrogens with zero attached hydrogens (tertiary/aromatic N) is 1. The largest absolute Gasteiger partial charge is 0.252 e. The van der Waals surface area contributed by atoms with Crippen LogP contribution in [0.15, 0.2) is 97.1 Å². The zero-order chi connectivity index (χ0) is 22.6. The van der Waals surface area contributed by atoms with Crippen LogP contribution in [0.4, 0.5) is 0 Å². The predicted molar refractivity (Wildman–Crippen MR) is 141 cm³/mol. The van der Waals surface area contributed by atoms with Crippen molar-refractivity contribution in [2.24, 2.45) is 5.41 Å². The van der Waals surface area contributed by atoms with Crippen LogP contribution in [0.25, 0.3) is 11.3 Å². The molecule has 0 N–H and O–H groups in total. The summed E-state index contributed by atoms with van der Waals surface area (Å²) in [5.41, 5.74) is 5.67. The fraction of sp³-hybridized carbons (Fsp3) is 0.258. The Labute approximate surface area is 198 Å². The van der Waals surface area contributed by atoms with Gasteiger partial charge < -0.3 is 0 Å². The highest BCUT2D eigenvalue weighted by molar-refractivity contribution is 7.80. The van der Waals surface area contributed by atoms with Crippen LogP contribution < -0.4 is 15.9 Å². The molecular weight excluding hydrogens is 417 g/mol. The van der Waals surface area contributed by atoms with Gasteiger partial charge >= 0.3 is 0 Å². The Kier molecular flexibility index (Phi) is 4.82. The van der Waals surface area contributed by atoms with Crippen molar-refractivity contribution in [2.75, 3.05) is 0 Å². The molecule has 1 saturated carbocycles. The molecule has 0 amide bonds. The molecule has 2 aliphatic rings. The SMILES string of the molecule is CC1(C)[C@@H]2CC[C@@]1(C)c1nc(-c3ccccc3P(c3ccccc3)c3ccccc3)ccc12. The summed E-state index contributed by atoms with van der Waals surface area (Å²) in [7, 11) is -0.674. The van der Waals surface area contributed by atoms with Gasteiger partial charge in [0.05, 0.1) is 11.4 Å². The number of hydrogen-bond acceptors (Lipinski definition) is 1. The van der Waals surface area contributed by atoms with Gasteiger partial charge in [-0.2, -0.15) is 0 Å². The van der Waals surface area contributed by atoms with Crippen LogP contribution in [0, 0.1) is 5.41 Å². The van der Waals surface area contributed by atoms with Crippen molar-refractivity contribution in [3.8, 4) is 11.3 Å². The minimum absolute atomic E-state index is 0.168. The minimum Gasteiger partial charge on any atom is -0.252 e. The Bertz CT molecular complexity index is 1270. The first-order valence-corrected chi connectivity index (χ1v) is 13.4. The topological polar surface area (TPSA) is 12.9 Å². The second-order valence-corrected chi connectivity index (χ2v) is 12.5. The maximum Gasteiger partial charge on any atom is 0.0712 e. The van der Waals surface area contributed by atoms with Gasteiger partial charge in [-0.1, -0.05) is 112 Å². The predicted octanol–water partition coefficient (Wildman–Crippen LogP) is 6.68. The molecule has 0 radical (unpaired) electrons. The standard InChI is InChI=1S/C31H30NP/c1-30(2)26-20-21-31(30,3)29-24(26)18-19-27(32-29)25-16-10-11-17-28(25)33(22-12-6-4-7-13-22)23-14-8-5-9-15-23/h4-19,26H,20-21H2,1-3H3/t26-,31+/m1/s1. The number of hydrogen-bond donors (Lipinski definition) is 0. The second-order valence-electron chi connectivity index (χ2n) is 10.3. The lowest BCUT2D eigenvalue weighted by atomic mass is 9.70. The Morgan fingerprint density at radius 2 is 1.33 bits per heavy atom. The Hall–Kier alpha value is -2.76. The molecule has 4 aromatic rings. The smallest absolute Gasteiger partial charge is 0.0712 e. The number of rotatable bonds is 4. The summed E-state index contributed by atoms with van der Waals surface area (Å²) in [5.74, 6) is 0.639. The lowest BCUT2D eigenvalue weighted by Crippen LogP contribution is -2.32. The van der Waals surface area contributed by atoms with Crippen LogP contribution in [0.3, 0.4) is 0 Å². The summed E-state index contributed by atoms with van der Waals surface area (Å²) in [5, 5.41) is 4.13. The van der Waals surface area contributed by atoms with Gasteiger partial charge in [0, 0.05) is 11.0 Å². The van der Waals surface area contributed by atoms with Crippen LogP contribution in [-0.4, -0.2) is 4.98 Å². The van der Waals surface area contributed by atoms with Crippen molar-refractivity contribution >= 4 is 23.8 Å². The highest BCUT2D eigenvalue weighted by Crippen LogP contribution is 2.67. The van der Waals surface area contributed by atoms with E-state index in [4.69, 9.17) is 4.98 Å². The Morgan fingerprint density at radius 1 is 0.727 bits per heavy atom. The molecule has 1 heterocycles. The molecular formula is C31H30NP. The molecule has 1 fully saturated rings. The van der Waals surface area contributed by atoms with Crippen LogP contribution in [-0.2, 0) is 5.41 Å². The van der Waals surface area contributed by atoms with Gasteiger partial charge in [0.15, 0.2) is 0 Å². The van der Waals surface area contributed by atoms with E-state index >= 15 is 0 Å². The van der Waals surface area contributed by atoms with E-state index in [1.807, 2.05) is 0 Å². The third kappa shape index (κ3) is 3.06. The zero-order valence-corrected chi connectivity index (χ0v) is 20.5. The molecule has 2 atom stereocenters. The monoisotopic (exact) mass is 447 g/mol. The van der Waals surface area contributed by atoms with Crippen molar-refractivity contribution in [2.45, 2.75) is 44.9 Å². The van der Waals surface area contributed by atoms with Gasteiger partial charge in [-0.3, -0.25) is 4.98 Å². The Balaban J connectivity index is 1.53. The molecule has 0 aliphatic heterocycles. The molecule has 33 heavy (non-hydrogen) atoms. The van der Waals surface area contributed by atoms with Crippen molar-refractivity contribution in [1.29, 1.82) is 0 Å². The number of aromatic nitrogens is 1. The quantitative estimate of drug-likeness (QED) is 0.318. The van der Waals surface area contributed by atoms with Gasteiger partial charge in [0.25, 0.3) is 0 Å². The van der Waals surface area contributed by atoms with E-state index in [1.54, 1.807) is 0 Å². The van der Waals surface area contributed by atoms with Gasteiger partial charge in [0.2, 0.25) is 0 Å². The average molecular weight is 448 g/mol. The lowest BCUT2D eigenvalue weighted by Gasteiger charge is -2.34. The average Bonchev–Trinajstić information content (AvgIpc) is 3.19. The van der Waals surface area contributed by atoms with Crippen LogP contribution >= 0.6 is 7.92 Å².